The molecule has 2 aromatic rings. The number of carbonyl (C=O) groups excluding carboxylic acids is 2. The van der Waals surface area contributed by atoms with E-state index in [1.165, 1.54) is 16.2 Å². The van der Waals surface area contributed by atoms with Crippen LogP contribution in [0, 0.1) is 6.92 Å². The minimum atomic E-state index is -0.189. The Morgan fingerprint density at radius 1 is 1.24 bits per heavy atom. The Morgan fingerprint density at radius 2 is 1.96 bits per heavy atom. The lowest BCUT2D eigenvalue weighted by atomic mass is 10.1. The smallest absolute Gasteiger partial charge is 0.265 e. The van der Waals surface area contributed by atoms with Crippen molar-refractivity contribution in [2.45, 2.75) is 33.1 Å². The molecule has 4 nitrogen and oxygen atoms in total. The summed E-state index contributed by atoms with van der Waals surface area (Å²) in [6, 6.07) is 6.92. The fraction of sp³-hybridized carbons (Fsp3) is 0.368. The van der Waals surface area contributed by atoms with Crippen molar-refractivity contribution in [1.82, 2.24) is 4.90 Å². The third kappa shape index (κ3) is 3.88. The molecule has 0 aliphatic carbocycles. The fourth-order valence-corrected chi connectivity index (χ4v) is 4.24. The van der Waals surface area contributed by atoms with Crippen molar-refractivity contribution in [3.8, 4) is 0 Å². The first-order chi connectivity index (χ1) is 12.0. The Hall–Kier alpha value is -1.85. The Morgan fingerprint density at radius 3 is 2.60 bits per heavy atom. The van der Waals surface area contributed by atoms with E-state index in [9.17, 15) is 9.59 Å². The number of hydrogen-bond acceptors (Lipinski definition) is 3. The van der Waals surface area contributed by atoms with Gasteiger partial charge in [0, 0.05) is 23.0 Å². The van der Waals surface area contributed by atoms with Gasteiger partial charge in [-0.25, -0.2) is 0 Å². The highest BCUT2D eigenvalue weighted by molar-refractivity contribution is 7.14. The van der Waals surface area contributed by atoms with Crippen LogP contribution in [0.2, 0.25) is 5.02 Å². The van der Waals surface area contributed by atoms with Crippen LogP contribution in [0.15, 0.2) is 24.3 Å². The molecule has 1 aromatic carbocycles. The number of anilines is 1. The lowest BCUT2D eigenvalue weighted by Crippen LogP contribution is -2.28. The zero-order chi connectivity index (χ0) is 18.0. The zero-order valence-corrected chi connectivity index (χ0v) is 16.0. The van der Waals surface area contributed by atoms with Crippen molar-refractivity contribution in [3.63, 3.8) is 0 Å². The van der Waals surface area contributed by atoms with E-state index in [-0.39, 0.29) is 11.8 Å². The van der Waals surface area contributed by atoms with E-state index in [2.05, 4.69) is 12.2 Å². The molecule has 1 saturated heterocycles. The van der Waals surface area contributed by atoms with Gasteiger partial charge >= 0.3 is 0 Å². The molecule has 0 bridgehead atoms. The van der Waals surface area contributed by atoms with Crippen LogP contribution in [0.3, 0.4) is 0 Å². The molecule has 6 heteroatoms. The highest BCUT2D eigenvalue weighted by atomic mass is 35.5. The van der Waals surface area contributed by atoms with Crippen LogP contribution < -0.4 is 5.32 Å². The fourth-order valence-electron chi connectivity index (χ4n) is 3.06. The monoisotopic (exact) mass is 376 g/mol. The molecule has 0 spiro atoms. The summed E-state index contributed by atoms with van der Waals surface area (Å²) in [6.45, 7) is 5.59. The number of benzene rings is 1. The van der Waals surface area contributed by atoms with E-state index in [0.29, 0.717) is 21.2 Å². The number of carbonyl (C=O) groups is 2. The van der Waals surface area contributed by atoms with Gasteiger partial charge < -0.3 is 10.2 Å². The number of thiophene rings is 1. The first-order valence-electron chi connectivity index (χ1n) is 8.49. The average Bonchev–Trinajstić information content (AvgIpc) is 3.25. The molecule has 0 atom stereocenters. The molecular weight excluding hydrogens is 356 g/mol. The summed E-state index contributed by atoms with van der Waals surface area (Å²) in [5.74, 6) is -0.266. The van der Waals surface area contributed by atoms with Gasteiger partial charge in [-0.1, -0.05) is 18.5 Å². The molecule has 25 heavy (non-hydrogen) atoms. The highest BCUT2D eigenvalue weighted by Gasteiger charge is 2.23. The third-order valence-corrected chi connectivity index (χ3v) is 6.03. The van der Waals surface area contributed by atoms with Crippen LogP contribution in [-0.4, -0.2) is 29.8 Å². The summed E-state index contributed by atoms with van der Waals surface area (Å²) in [4.78, 5) is 29.1. The molecule has 1 aliphatic heterocycles. The van der Waals surface area contributed by atoms with E-state index < -0.39 is 0 Å². The predicted molar refractivity (Wildman–Crippen MR) is 103 cm³/mol. The average molecular weight is 377 g/mol. The number of likely N-dealkylation sites (tertiary alicyclic amines) is 1. The SMILES string of the molecule is CCc1sc(C(=O)Nc2ccc(Cl)cc2C(=O)N2CCCC2)cc1C. The lowest BCUT2D eigenvalue weighted by Gasteiger charge is -2.18. The molecule has 0 radical (unpaired) electrons. The van der Waals surface area contributed by atoms with Gasteiger partial charge in [-0.3, -0.25) is 9.59 Å². The van der Waals surface area contributed by atoms with Gasteiger partial charge in [0.05, 0.1) is 16.1 Å². The van der Waals surface area contributed by atoms with Gasteiger partial charge in [0.1, 0.15) is 0 Å². The second-order valence-corrected chi connectivity index (χ2v) is 7.79. The third-order valence-electron chi connectivity index (χ3n) is 4.42. The summed E-state index contributed by atoms with van der Waals surface area (Å²) >= 11 is 7.58. The van der Waals surface area contributed by atoms with Crippen LogP contribution in [0.25, 0.3) is 0 Å². The quantitative estimate of drug-likeness (QED) is 0.836. The van der Waals surface area contributed by atoms with Crippen LogP contribution in [0.4, 0.5) is 5.69 Å². The predicted octanol–water partition coefficient (Wildman–Crippen LogP) is 4.76. The maximum Gasteiger partial charge on any atom is 0.265 e. The first kappa shape index (κ1) is 18.0. The molecule has 0 saturated carbocycles. The summed E-state index contributed by atoms with van der Waals surface area (Å²) in [5.41, 5.74) is 2.09. The van der Waals surface area contributed by atoms with Crippen molar-refractivity contribution < 1.29 is 9.59 Å². The summed E-state index contributed by atoms with van der Waals surface area (Å²) in [7, 11) is 0. The Kier molecular flexibility index (Phi) is 5.45. The number of halogens is 1. The van der Waals surface area contributed by atoms with E-state index >= 15 is 0 Å². The number of aryl methyl sites for hydroxylation is 2. The summed E-state index contributed by atoms with van der Waals surface area (Å²) in [5, 5.41) is 3.38. The van der Waals surface area contributed by atoms with Crippen molar-refractivity contribution in [2.24, 2.45) is 0 Å². The molecular formula is C19H21ClN2O2S. The molecule has 1 N–H and O–H groups in total. The largest absolute Gasteiger partial charge is 0.339 e. The highest BCUT2D eigenvalue weighted by Crippen LogP contribution is 2.27. The van der Waals surface area contributed by atoms with Gasteiger partial charge in [-0.15, -0.1) is 11.3 Å². The Labute approximate surface area is 156 Å². The number of nitrogens with one attached hydrogen (secondary N) is 1. The molecule has 0 unspecified atom stereocenters. The van der Waals surface area contributed by atoms with Gasteiger partial charge in [0.2, 0.25) is 0 Å². The summed E-state index contributed by atoms with van der Waals surface area (Å²) < 4.78 is 0. The van der Waals surface area contributed by atoms with Crippen molar-refractivity contribution in [1.29, 1.82) is 0 Å². The molecule has 132 valence electrons. The maximum atomic E-state index is 12.8. The van der Waals surface area contributed by atoms with Crippen LogP contribution in [0.5, 0.6) is 0 Å². The van der Waals surface area contributed by atoms with Crippen LogP contribution >= 0.6 is 22.9 Å². The van der Waals surface area contributed by atoms with Crippen molar-refractivity contribution >= 4 is 40.4 Å². The molecule has 3 rings (SSSR count). The number of nitrogens with zero attached hydrogens (tertiary/aromatic N) is 1. The second-order valence-electron chi connectivity index (χ2n) is 6.21. The molecule has 1 aromatic heterocycles. The minimum absolute atomic E-state index is 0.0769. The topological polar surface area (TPSA) is 49.4 Å². The van der Waals surface area contributed by atoms with E-state index in [4.69, 9.17) is 11.6 Å². The Balaban J connectivity index is 1.86. The van der Waals surface area contributed by atoms with Crippen LogP contribution in [-0.2, 0) is 6.42 Å². The first-order valence-corrected chi connectivity index (χ1v) is 9.68. The van der Waals surface area contributed by atoms with Gasteiger partial charge in [-0.05, 0) is 56.0 Å². The van der Waals surface area contributed by atoms with Gasteiger partial charge in [0.25, 0.3) is 11.8 Å². The Bertz CT molecular complexity index is 810. The number of hydrogen-bond donors (Lipinski definition) is 1. The van der Waals surface area contributed by atoms with E-state index in [1.54, 1.807) is 18.2 Å². The minimum Gasteiger partial charge on any atom is -0.339 e. The summed E-state index contributed by atoms with van der Waals surface area (Å²) in [6.07, 6.45) is 2.94. The normalized spacial score (nSPS) is 14.0. The molecule has 1 fully saturated rings. The number of amides is 2. The van der Waals surface area contributed by atoms with Gasteiger partial charge in [0.15, 0.2) is 0 Å². The maximum absolute atomic E-state index is 12.8. The van der Waals surface area contributed by atoms with E-state index in [0.717, 1.165) is 37.9 Å². The number of rotatable bonds is 4. The zero-order valence-electron chi connectivity index (χ0n) is 14.4. The van der Waals surface area contributed by atoms with Crippen molar-refractivity contribution in [3.05, 3.63) is 50.2 Å². The van der Waals surface area contributed by atoms with E-state index in [1.807, 2.05) is 17.9 Å². The standard InChI is InChI=1S/C19H21ClN2O2S/c1-3-16-12(2)10-17(25-16)18(23)21-15-7-6-13(20)11-14(15)19(24)22-8-4-5-9-22/h6-7,10-11H,3-5,8-9H2,1-2H3,(H,21,23). The molecule has 1 aliphatic rings. The van der Waals surface area contributed by atoms with Crippen molar-refractivity contribution in [2.75, 3.05) is 18.4 Å². The lowest BCUT2D eigenvalue weighted by molar-refractivity contribution is 0.0794. The van der Waals surface area contributed by atoms with Gasteiger partial charge in [-0.2, -0.15) is 0 Å². The molecule has 2 heterocycles. The van der Waals surface area contributed by atoms with Crippen LogP contribution in [0.1, 0.15) is 50.2 Å². The second kappa shape index (κ2) is 7.58. The molecule has 2 amide bonds.